The lowest BCUT2D eigenvalue weighted by molar-refractivity contribution is -0.319. The van der Waals surface area contributed by atoms with Gasteiger partial charge in [-0.2, -0.15) is 0 Å². The Hall–Kier alpha value is -0.560. The summed E-state index contributed by atoms with van der Waals surface area (Å²) in [6, 6.07) is -3.47. The molecule has 2 aliphatic heterocycles. The second-order valence-electron chi connectivity index (χ2n) is 9.82. The van der Waals surface area contributed by atoms with Crippen LogP contribution < -0.4 is 22.5 Å². The third-order valence-electron chi connectivity index (χ3n) is 6.95. The molecule has 0 aromatic heterocycles. The van der Waals surface area contributed by atoms with Crippen LogP contribution in [0.2, 0.25) is 0 Å². The number of aliphatic hydroxyl groups excluding tert-OH is 5. The lowest BCUT2D eigenvalue weighted by atomic mass is 9.84. The molecule has 3 rings (SSSR count). The average Bonchev–Trinajstić information content (AvgIpc) is 2.75. The first kappa shape index (κ1) is 28.0. The number of nitrogens with two attached hydrogens (primary N) is 3. The van der Waals surface area contributed by atoms with Crippen molar-refractivity contribution in [3.05, 3.63) is 0 Å². The maximum atomic E-state index is 11.1. The Morgan fingerprint density at radius 1 is 0.941 bits per heavy atom. The summed E-state index contributed by atoms with van der Waals surface area (Å²) in [6.45, 7) is 2.75. The van der Waals surface area contributed by atoms with Gasteiger partial charge in [0.05, 0.1) is 24.8 Å². The van der Waals surface area contributed by atoms with Crippen molar-refractivity contribution in [2.45, 2.75) is 111 Å². The van der Waals surface area contributed by atoms with E-state index in [1.54, 1.807) is 7.05 Å². The fourth-order valence-electron chi connectivity index (χ4n) is 4.95. The van der Waals surface area contributed by atoms with Gasteiger partial charge in [0.25, 0.3) is 0 Å². The first-order valence-electron chi connectivity index (χ1n) is 11.4. The molecule has 0 bridgehead atoms. The zero-order chi connectivity index (χ0) is 25.5. The third kappa shape index (κ3) is 5.40. The largest absolute Gasteiger partial charge is 0.391 e. The molecule has 3 aliphatic rings. The van der Waals surface area contributed by atoms with Crippen LogP contribution in [0.15, 0.2) is 0 Å². The molecule has 0 radical (unpaired) electrons. The highest BCUT2D eigenvalue weighted by molar-refractivity contribution is 5.02. The monoisotopic (exact) mass is 496 g/mol. The fourth-order valence-corrected chi connectivity index (χ4v) is 4.95. The van der Waals surface area contributed by atoms with E-state index in [1.807, 2.05) is 0 Å². The number of nitrogens with one attached hydrogen (secondary N) is 1. The molecule has 3 fully saturated rings. The summed E-state index contributed by atoms with van der Waals surface area (Å²) in [4.78, 5) is 0. The molecule has 34 heavy (non-hydrogen) atoms. The highest BCUT2D eigenvalue weighted by atomic mass is 16.7. The number of likely N-dealkylation sites (N-methyl/N-ethyl adjacent to an activating group) is 1. The van der Waals surface area contributed by atoms with Gasteiger partial charge in [-0.3, -0.25) is 0 Å². The van der Waals surface area contributed by atoms with Gasteiger partial charge in [0.15, 0.2) is 12.6 Å². The second kappa shape index (κ2) is 10.8. The van der Waals surface area contributed by atoms with Crippen LogP contribution in [0.4, 0.5) is 0 Å². The summed E-state index contributed by atoms with van der Waals surface area (Å²) < 4.78 is 22.8. The van der Waals surface area contributed by atoms with Crippen LogP contribution >= 0.6 is 0 Å². The zero-order valence-corrected chi connectivity index (χ0v) is 19.5. The Morgan fingerprint density at radius 3 is 2.03 bits per heavy atom. The van der Waals surface area contributed by atoms with Gasteiger partial charge in [-0.25, -0.2) is 0 Å². The Bertz CT molecular complexity index is 675. The van der Waals surface area contributed by atoms with E-state index in [4.69, 9.17) is 36.1 Å². The van der Waals surface area contributed by atoms with Crippen LogP contribution in [-0.2, 0) is 18.9 Å². The molecule has 0 aromatic rings. The summed E-state index contributed by atoms with van der Waals surface area (Å²) >= 11 is 0. The molecule has 2 heterocycles. The molecular weight excluding hydrogens is 456 g/mol. The molecule has 0 amide bonds. The van der Waals surface area contributed by atoms with Crippen LogP contribution in [-0.4, -0.2) is 135 Å². The molecule has 0 spiro atoms. The second-order valence-corrected chi connectivity index (χ2v) is 9.82. The van der Waals surface area contributed by atoms with E-state index >= 15 is 0 Å². The van der Waals surface area contributed by atoms with Crippen molar-refractivity contribution in [1.82, 2.24) is 5.32 Å². The van der Waals surface area contributed by atoms with Gasteiger partial charge < -0.3 is 72.1 Å². The van der Waals surface area contributed by atoms with Gasteiger partial charge in [-0.05, 0) is 27.3 Å². The maximum Gasteiger partial charge on any atom is 0.185 e. The molecule has 15 atom stereocenters. The molecule has 0 aromatic carbocycles. The van der Waals surface area contributed by atoms with E-state index in [0.717, 1.165) is 0 Å². The summed E-state index contributed by atoms with van der Waals surface area (Å²) in [6.07, 6.45) is -12.4. The summed E-state index contributed by atoms with van der Waals surface area (Å²) in [5.74, 6) is 0. The minimum Gasteiger partial charge on any atom is -0.391 e. The van der Waals surface area contributed by atoms with Gasteiger partial charge >= 0.3 is 0 Å². The van der Waals surface area contributed by atoms with E-state index in [9.17, 15) is 30.6 Å². The van der Waals surface area contributed by atoms with Crippen molar-refractivity contribution >= 4 is 0 Å². The maximum absolute atomic E-state index is 11.1. The highest BCUT2D eigenvalue weighted by Crippen LogP contribution is 2.32. The molecule has 200 valence electrons. The SMILES string of the molecule is CNC1C(O)[C@H](OC2C(N)CC(N)C(O[C@@H]3O[C@@H](C(C)O)C(O)C(O)C3N)C2O)OC[C@]1(C)O. The number of hydrogen-bond donors (Lipinski definition) is 10. The molecule has 14 heteroatoms. The Balaban J connectivity index is 1.73. The van der Waals surface area contributed by atoms with Crippen molar-refractivity contribution in [2.75, 3.05) is 13.7 Å². The molecule has 14 nitrogen and oxygen atoms in total. The molecule has 1 saturated carbocycles. The Morgan fingerprint density at radius 2 is 1.50 bits per heavy atom. The summed E-state index contributed by atoms with van der Waals surface area (Å²) in [5.41, 5.74) is 17.0. The smallest absolute Gasteiger partial charge is 0.185 e. The number of hydrogen-bond acceptors (Lipinski definition) is 14. The lowest BCUT2D eigenvalue weighted by Crippen LogP contribution is -2.69. The Labute approximate surface area is 197 Å². The third-order valence-corrected chi connectivity index (χ3v) is 6.95. The van der Waals surface area contributed by atoms with E-state index in [0.29, 0.717) is 0 Å². The minimum atomic E-state index is -1.46. The van der Waals surface area contributed by atoms with Gasteiger partial charge in [0.2, 0.25) is 0 Å². The van der Waals surface area contributed by atoms with Crippen molar-refractivity contribution in [3.8, 4) is 0 Å². The van der Waals surface area contributed by atoms with Gasteiger partial charge in [-0.1, -0.05) is 0 Å². The normalized spacial score (nSPS) is 53.5. The van der Waals surface area contributed by atoms with Gasteiger partial charge in [-0.15, -0.1) is 0 Å². The first-order chi connectivity index (χ1) is 15.8. The van der Waals surface area contributed by atoms with Crippen LogP contribution in [0.25, 0.3) is 0 Å². The van der Waals surface area contributed by atoms with Crippen LogP contribution in [0.5, 0.6) is 0 Å². The molecule has 11 unspecified atom stereocenters. The quantitative estimate of drug-likeness (QED) is 0.165. The van der Waals surface area contributed by atoms with Crippen molar-refractivity contribution in [1.29, 1.82) is 0 Å². The average molecular weight is 497 g/mol. The molecule has 2 saturated heterocycles. The molecular formula is C20H40N4O10. The summed E-state index contributed by atoms with van der Waals surface area (Å²) in [7, 11) is 1.58. The number of rotatable bonds is 6. The number of aliphatic hydroxyl groups is 6. The van der Waals surface area contributed by atoms with Crippen LogP contribution in [0.1, 0.15) is 20.3 Å². The lowest BCUT2D eigenvalue weighted by Gasteiger charge is -2.49. The summed E-state index contributed by atoms with van der Waals surface area (Å²) in [5, 5.41) is 65.2. The first-order valence-corrected chi connectivity index (χ1v) is 11.4. The predicted molar refractivity (Wildman–Crippen MR) is 116 cm³/mol. The van der Waals surface area contributed by atoms with Crippen molar-refractivity contribution in [3.63, 3.8) is 0 Å². The van der Waals surface area contributed by atoms with E-state index in [1.165, 1.54) is 13.8 Å². The fraction of sp³-hybridized carbons (Fsp3) is 1.00. The predicted octanol–water partition coefficient (Wildman–Crippen LogP) is -5.61. The minimum absolute atomic E-state index is 0.135. The van der Waals surface area contributed by atoms with E-state index in [-0.39, 0.29) is 13.0 Å². The van der Waals surface area contributed by atoms with Crippen molar-refractivity contribution < 1.29 is 49.6 Å². The van der Waals surface area contributed by atoms with E-state index in [2.05, 4.69) is 5.32 Å². The standard InChI is InChI=1S/C20H40N4O10/c1-6(25)14-11(27)10(26)9(23)18(32-14)33-15-7(21)4-8(22)16(12(15)28)34-19-13(29)17(24-3)20(2,30)5-31-19/h6-19,24-30H,4-5,21-23H2,1-3H3/t6?,7?,8?,9?,10?,11?,12?,13?,14-,15?,16?,17?,18-,19-,20-/m0/s1. The van der Waals surface area contributed by atoms with E-state index < -0.39 is 91.2 Å². The van der Waals surface area contributed by atoms with Gasteiger partial charge in [0.1, 0.15) is 48.3 Å². The van der Waals surface area contributed by atoms with Crippen molar-refractivity contribution in [2.24, 2.45) is 17.2 Å². The number of ether oxygens (including phenoxy) is 4. The van der Waals surface area contributed by atoms with Gasteiger partial charge in [0, 0.05) is 12.1 Å². The Kier molecular flexibility index (Phi) is 8.92. The highest BCUT2D eigenvalue weighted by Gasteiger charge is 2.52. The zero-order valence-electron chi connectivity index (χ0n) is 19.5. The van der Waals surface area contributed by atoms with Crippen LogP contribution in [0, 0.1) is 0 Å². The molecule has 13 N–H and O–H groups in total. The molecule has 1 aliphatic carbocycles. The van der Waals surface area contributed by atoms with Crippen LogP contribution in [0.3, 0.4) is 0 Å². The topological polar surface area (TPSA) is 248 Å².